The van der Waals surface area contributed by atoms with Gasteiger partial charge in [-0.1, -0.05) is 25.1 Å². The number of hydrogen-bond acceptors (Lipinski definition) is 2. The molecule has 4 rings (SSSR count). The molecule has 2 fully saturated rings. The molecular formula is C22H30O2. The summed E-state index contributed by atoms with van der Waals surface area (Å²) in [4.78, 5) is 12.4. The van der Waals surface area contributed by atoms with Crippen LogP contribution in [0.4, 0.5) is 0 Å². The van der Waals surface area contributed by atoms with Crippen LogP contribution in [-0.4, -0.2) is 17.5 Å². The number of benzene rings is 1. The van der Waals surface area contributed by atoms with Crippen LogP contribution in [0.2, 0.25) is 0 Å². The van der Waals surface area contributed by atoms with Crippen molar-refractivity contribution in [1.82, 2.24) is 0 Å². The molecule has 1 aromatic carbocycles. The highest BCUT2D eigenvalue weighted by Gasteiger charge is 2.54. The van der Waals surface area contributed by atoms with Crippen molar-refractivity contribution in [2.75, 3.05) is 6.61 Å². The average molecular weight is 326 g/mol. The minimum Gasteiger partial charge on any atom is -0.396 e. The molecule has 0 spiro atoms. The first-order valence-electron chi connectivity index (χ1n) is 9.89. The van der Waals surface area contributed by atoms with Crippen LogP contribution in [0.1, 0.15) is 74.5 Å². The molecule has 0 aromatic heterocycles. The number of carbonyl (C=O) groups excluding carboxylic acids is 1. The number of rotatable bonds is 4. The van der Waals surface area contributed by atoms with Gasteiger partial charge in [-0.25, -0.2) is 0 Å². The highest BCUT2D eigenvalue weighted by atomic mass is 16.2. The molecular weight excluding hydrogens is 296 g/mol. The zero-order valence-corrected chi connectivity index (χ0v) is 14.9. The van der Waals surface area contributed by atoms with Crippen molar-refractivity contribution in [1.29, 1.82) is 0 Å². The lowest BCUT2D eigenvalue weighted by molar-refractivity contribution is -0.129. The molecule has 1 aromatic rings. The molecule has 130 valence electrons. The van der Waals surface area contributed by atoms with E-state index in [4.69, 9.17) is 5.11 Å². The summed E-state index contributed by atoms with van der Waals surface area (Å²) in [7, 11) is 0. The summed E-state index contributed by atoms with van der Waals surface area (Å²) in [5, 5.41) is 8.96. The Labute approximate surface area is 145 Å². The third-order valence-electron chi connectivity index (χ3n) is 7.37. The quantitative estimate of drug-likeness (QED) is 0.831. The highest BCUT2D eigenvalue weighted by Crippen LogP contribution is 2.59. The van der Waals surface area contributed by atoms with Gasteiger partial charge in [0.05, 0.1) is 0 Å². The summed E-state index contributed by atoms with van der Waals surface area (Å²) < 4.78 is 0. The summed E-state index contributed by atoms with van der Waals surface area (Å²) >= 11 is 0. The lowest BCUT2D eigenvalue weighted by Crippen LogP contribution is -2.42. The summed E-state index contributed by atoms with van der Waals surface area (Å²) in [5.41, 5.74) is 4.56. The smallest absolute Gasteiger partial charge is 0.139 e. The van der Waals surface area contributed by atoms with Crippen LogP contribution in [-0.2, 0) is 17.6 Å². The van der Waals surface area contributed by atoms with Crippen molar-refractivity contribution in [2.24, 2.45) is 17.3 Å². The molecule has 3 aliphatic carbocycles. The van der Waals surface area contributed by atoms with Gasteiger partial charge < -0.3 is 5.11 Å². The second-order valence-electron chi connectivity index (χ2n) is 8.55. The van der Waals surface area contributed by atoms with E-state index in [0.717, 1.165) is 44.4 Å². The molecule has 0 saturated heterocycles. The van der Waals surface area contributed by atoms with Gasteiger partial charge in [-0.2, -0.15) is 0 Å². The molecule has 0 aliphatic heterocycles. The van der Waals surface area contributed by atoms with Crippen LogP contribution < -0.4 is 0 Å². The predicted octanol–water partition coefficient (Wildman–Crippen LogP) is 4.43. The van der Waals surface area contributed by atoms with Gasteiger partial charge in [0.2, 0.25) is 0 Å². The number of carbonyl (C=O) groups is 1. The Hall–Kier alpha value is -1.15. The fourth-order valence-corrected chi connectivity index (χ4v) is 6.00. The topological polar surface area (TPSA) is 37.3 Å². The molecule has 1 N–H and O–H groups in total. The molecule has 3 aliphatic rings. The molecule has 0 bridgehead atoms. The van der Waals surface area contributed by atoms with Crippen LogP contribution >= 0.6 is 0 Å². The van der Waals surface area contributed by atoms with E-state index in [9.17, 15) is 4.79 Å². The van der Waals surface area contributed by atoms with Crippen LogP contribution in [0, 0.1) is 17.3 Å². The Bertz CT molecular complexity index is 635. The van der Waals surface area contributed by atoms with Gasteiger partial charge in [0.25, 0.3) is 0 Å². The van der Waals surface area contributed by atoms with E-state index < -0.39 is 0 Å². The van der Waals surface area contributed by atoms with Crippen molar-refractivity contribution >= 4 is 5.78 Å². The Balaban J connectivity index is 1.56. The van der Waals surface area contributed by atoms with E-state index in [-0.39, 0.29) is 5.41 Å². The van der Waals surface area contributed by atoms with E-state index in [0.29, 0.717) is 24.2 Å². The zero-order chi connectivity index (χ0) is 16.7. The summed E-state index contributed by atoms with van der Waals surface area (Å²) in [6.07, 6.45) is 9.75. The maximum absolute atomic E-state index is 12.4. The lowest BCUT2D eigenvalue weighted by Gasteiger charge is -2.48. The molecule has 2 nitrogen and oxygen atoms in total. The number of aryl methyl sites for hydroxylation is 2. The van der Waals surface area contributed by atoms with Crippen LogP contribution in [0.5, 0.6) is 0 Å². The third-order valence-corrected chi connectivity index (χ3v) is 7.37. The Morgan fingerprint density at radius 1 is 1.17 bits per heavy atom. The van der Waals surface area contributed by atoms with Crippen LogP contribution in [0.25, 0.3) is 0 Å². The van der Waals surface area contributed by atoms with Crippen molar-refractivity contribution < 1.29 is 9.90 Å². The van der Waals surface area contributed by atoms with Crippen LogP contribution in [0.3, 0.4) is 0 Å². The van der Waals surface area contributed by atoms with Crippen molar-refractivity contribution in [3.63, 3.8) is 0 Å². The van der Waals surface area contributed by atoms with Gasteiger partial charge in [-0.3, -0.25) is 4.79 Å². The largest absolute Gasteiger partial charge is 0.396 e. The zero-order valence-electron chi connectivity index (χ0n) is 14.9. The molecule has 0 unspecified atom stereocenters. The molecule has 4 atom stereocenters. The number of unbranched alkanes of at least 4 members (excludes halogenated alkanes) is 1. The number of Topliss-reactive ketones (excluding diaryl/α,β-unsaturated/α-hetero) is 1. The SMILES string of the molecule is C[C@]12CC[C@@H]3c4ccc(CCCCO)cc4CC[C@H]3[C@@H]1CCC2=O. The minimum absolute atomic E-state index is 0.0110. The predicted molar refractivity (Wildman–Crippen MR) is 96.1 cm³/mol. The van der Waals surface area contributed by atoms with E-state index in [1.54, 1.807) is 11.1 Å². The van der Waals surface area contributed by atoms with Crippen molar-refractivity contribution in [2.45, 2.75) is 70.6 Å². The molecule has 2 heteroatoms. The van der Waals surface area contributed by atoms with Crippen molar-refractivity contribution in [3.8, 4) is 0 Å². The molecule has 0 radical (unpaired) electrons. The van der Waals surface area contributed by atoms with Crippen molar-refractivity contribution in [3.05, 3.63) is 34.9 Å². The Morgan fingerprint density at radius 3 is 2.88 bits per heavy atom. The number of hydrogen-bond donors (Lipinski definition) is 1. The fourth-order valence-electron chi connectivity index (χ4n) is 6.00. The second kappa shape index (κ2) is 6.29. The van der Waals surface area contributed by atoms with E-state index in [1.165, 1.54) is 24.8 Å². The number of ketones is 1. The standard InChI is InChI=1S/C22H30O2/c1-22-12-11-18-17-7-5-15(4-2-3-13-23)14-16(17)6-8-19(18)20(22)9-10-21(22)24/h5,7,14,18-20,23H,2-4,6,8-13H2,1H3/t18-,19-,20+,22+/m1/s1. The maximum atomic E-state index is 12.4. The average Bonchev–Trinajstić information content (AvgIpc) is 2.90. The van der Waals surface area contributed by atoms with Gasteiger partial charge in [0.1, 0.15) is 5.78 Å². The van der Waals surface area contributed by atoms with Crippen LogP contribution in [0.15, 0.2) is 18.2 Å². The van der Waals surface area contributed by atoms with E-state index >= 15 is 0 Å². The number of fused-ring (bicyclic) bond motifs is 5. The second-order valence-corrected chi connectivity index (χ2v) is 8.55. The lowest BCUT2D eigenvalue weighted by atomic mass is 9.55. The first-order valence-corrected chi connectivity index (χ1v) is 9.89. The molecule has 24 heavy (non-hydrogen) atoms. The van der Waals surface area contributed by atoms with E-state index in [1.807, 2.05) is 0 Å². The van der Waals surface area contributed by atoms with E-state index in [2.05, 4.69) is 25.1 Å². The highest BCUT2D eigenvalue weighted by molar-refractivity contribution is 5.87. The first kappa shape index (κ1) is 16.3. The summed E-state index contributed by atoms with van der Waals surface area (Å²) in [6, 6.07) is 7.13. The minimum atomic E-state index is -0.0110. The summed E-state index contributed by atoms with van der Waals surface area (Å²) in [5.74, 6) is 2.57. The van der Waals surface area contributed by atoms with Gasteiger partial charge in [-0.15, -0.1) is 0 Å². The normalized spacial score (nSPS) is 34.6. The fraction of sp³-hybridized carbons (Fsp3) is 0.682. The Kier molecular flexibility index (Phi) is 4.28. The van der Waals surface area contributed by atoms with Gasteiger partial charge >= 0.3 is 0 Å². The monoisotopic (exact) mass is 326 g/mol. The van der Waals surface area contributed by atoms with Gasteiger partial charge in [0, 0.05) is 18.4 Å². The maximum Gasteiger partial charge on any atom is 0.139 e. The third kappa shape index (κ3) is 2.54. The Morgan fingerprint density at radius 2 is 2.04 bits per heavy atom. The first-order chi connectivity index (χ1) is 11.6. The summed E-state index contributed by atoms with van der Waals surface area (Å²) in [6.45, 7) is 2.55. The molecule has 0 heterocycles. The van der Waals surface area contributed by atoms with Gasteiger partial charge in [-0.05, 0) is 85.8 Å². The number of aliphatic hydroxyl groups excluding tert-OH is 1. The molecule has 0 amide bonds. The number of aliphatic hydroxyl groups is 1. The van der Waals surface area contributed by atoms with Gasteiger partial charge in [0.15, 0.2) is 0 Å². The molecule has 2 saturated carbocycles.